The van der Waals surface area contributed by atoms with Crippen LogP contribution in [0.3, 0.4) is 0 Å². The van der Waals surface area contributed by atoms with Crippen LogP contribution in [0.2, 0.25) is 0 Å². The fourth-order valence-electron chi connectivity index (χ4n) is 2.42. The molecule has 0 unspecified atom stereocenters. The molecule has 1 amide bonds. The van der Waals surface area contributed by atoms with Gasteiger partial charge < -0.3 is 20.9 Å². The second-order valence-corrected chi connectivity index (χ2v) is 5.47. The summed E-state index contributed by atoms with van der Waals surface area (Å²) in [5.74, 6) is 0.0558. The second-order valence-electron chi connectivity index (χ2n) is 5.47. The fraction of sp³-hybridized carbons (Fsp3) is 0.500. The third-order valence-electron chi connectivity index (χ3n) is 3.75. The van der Waals surface area contributed by atoms with Gasteiger partial charge >= 0.3 is 0 Å². The van der Waals surface area contributed by atoms with Crippen LogP contribution in [0.4, 0.5) is 10.1 Å². The Morgan fingerprint density at radius 2 is 1.88 bits per heavy atom. The van der Waals surface area contributed by atoms with Gasteiger partial charge in [0, 0.05) is 38.4 Å². The minimum Gasteiger partial charge on any atom is -0.370 e. The number of nitrogens with zero attached hydrogens (tertiary/aromatic N) is 3. The zero-order chi connectivity index (χ0) is 16.7. The molecule has 1 fully saturated rings. The lowest BCUT2D eigenvalue weighted by Crippen LogP contribution is -2.51. The molecule has 134 valence electrons. The summed E-state index contributed by atoms with van der Waals surface area (Å²) in [6.07, 6.45) is 0.899. The van der Waals surface area contributed by atoms with Crippen LogP contribution in [0.25, 0.3) is 0 Å². The molecule has 1 aliphatic heterocycles. The number of carbonyl (C=O) groups is 1. The normalized spacial score (nSPS) is 15.0. The summed E-state index contributed by atoms with van der Waals surface area (Å²) >= 11 is 0. The summed E-state index contributed by atoms with van der Waals surface area (Å²) in [4.78, 5) is 19.8. The number of nitrogens with one attached hydrogen (secondary N) is 1. The molecule has 0 bridgehead atoms. The minimum atomic E-state index is -0.231. The van der Waals surface area contributed by atoms with Crippen molar-refractivity contribution in [3.8, 4) is 0 Å². The number of amides is 1. The van der Waals surface area contributed by atoms with Gasteiger partial charge in [-0.05, 0) is 30.7 Å². The van der Waals surface area contributed by atoms with E-state index in [-0.39, 0.29) is 42.2 Å². The highest BCUT2D eigenvalue weighted by Crippen LogP contribution is 2.16. The number of aliphatic imine (C=N–C) groups is 1. The first-order valence-corrected chi connectivity index (χ1v) is 7.92. The average molecular weight is 449 g/mol. The molecule has 1 aliphatic rings. The summed E-state index contributed by atoms with van der Waals surface area (Å²) < 4.78 is 13.0. The lowest BCUT2D eigenvalue weighted by molar-refractivity contribution is -0.119. The van der Waals surface area contributed by atoms with E-state index >= 15 is 0 Å². The van der Waals surface area contributed by atoms with Crippen LogP contribution >= 0.6 is 24.0 Å². The highest BCUT2D eigenvalue weighted by molar-refractivity contribution is 14.0. The van der Waals surface area contributed by atoms with Gasteiger partial charge in [0.15, 0.2) is 5.96 Å². The van der Waals surface area contributed by atoms with E-state index in [1.807, 2.05) is 11.8 Å². The topological polar surface area (TPSA) is 74.0 Å². The molecule has 8 heteroatoms. The molecule has 1 saturated heterocycles. The van der Waals surface area contributed by atoms with Crippen molar-refractivity contribution in [3.05, 3.63) is 30.1 Å². The van der Waals surface area contributed by atoms with Gasteiger partial charge in [0.1, 0.15) is 12.4 Å². The van der Waals surface area contributed by atoms with Crippen molar-refractivity contribution in [2.75, 3.05) is 44.2 Å². The maximum absolute atomic E-state index is 13.0. The third-order valence-corrected chi connectivity index (χ3v) is 3.75. The SMILES string of the molecule is CCCNC(=O)CN=C(N)N1CCN(c2ccc(F)cc2)CC1.I. The Labute approximate surface area is 159 Å². The van der Waals surface area contributed by atoms with Gasteiger partial charge in [-0.3, -0.25) is 4.79 Å². The number of nitrogens with two attached hydrogens (primary N) is 1. The van der Waals surface area contributed by atoms with E-state index in [1.165, 1.54) is 12.1 Å². The van der Waals surface area contributed by atoms with E-state index in [0.29, 0.717) is 12.5 Å². The lowest BCUT2D eigenvalue weighted by atomic mass is 10.2. The van der Waals surface area contributed by atoms with E-state index in [0.717, 1.165) is 38.3 Å². The summed E-state index contributed by atoms with van der Waals surface area (Å²) in [7, 11) is 0. The van der Waals surface area contributed by atoms with Crippen molar-refractivity contribution in [2.24, 2.45) is 10.7 Å². The monoisotopic (exact) mass is 449 g/mol. The molecule has 24 heavy (non-hydrogen) atoms. The number of anilines is 1. The zero-order valence-electron chi connectivity index (χ0n) is 13.9. The van der Waals surface area contributed by atoms with E-state index in [9.17, 15) is 9.18 Å². The maximum atomic E-state index is 13.0. The van der Waals surface area contributed by atoms with Crippen molar-refractivity contribution < 1.29 is 9.18 Å². The molecule has 1 aromatic carbocycles. The summed E-state index contributed by atoms with van der Waals surface area (Å²) in [5, 5.41) is 2.76. The molecule has 0 atom stereocenters. The van der Waals surface area contributed by atoms with Crippen LogP contribution in [0.5, 0.6) is 0 Å². The first kappa shape index (κ1) is 20.5. The highest BCUT2D eigenvalue weighted by atomic mass is 127. The Bertz CT molecular complexity index is 544. The van der Waals surface area contributed by atoms with Crippen LogP contribution < -0.4 is 16.0 Å². The minimum absolute atomic E-state index is 0. The molecule has 1 heterocycles. The van der Waals surface area contributed by atoms with Gasteiger partial charge in [-0.1, -0.05) is 6.92 Å². The number of rotatable bonds is 5. The van der Waals surface area contributed by atoms with Gasteiger partial charge in [-0.25, -0.2) is 9.38 Å². The molecule has 0 radical (unpaired) electrons. The molecular formula is C16H25FIN5O. The first-order valence-electron chi connectivity index (χ1n) is 7.92. The Balaban J connectivity index is 0.00000288. The molecule has 0 aromatic heterocycles. The smallest absolute Gasteiger partial charge is 0.241 e. The van der Waals surface area contributed by atoms with Gasteiger partial charge in [-0.15, -0.1) is 24.0 Å². The predicted octanol–water partition coefficient (Wildman–Crippen LogP) is 1.41. The molecule has 0 aliphatic carbocycles. The van der Waals surface area contributed by atoms with E-state index in [2.05, 4.69) is 15.2 Å². The van der Waals surface area contributed by atoms with Crippen molar-refractivity contribution in [1.82, 2.24) is 10.2 Å². The second kappa shape index (κ2) is 10.3. The standard InChI is InChI=1S/C16H24FN5O.HI/c1-2-7-19-15(23)12-20-16(18)22-10-8-21(9-11-22)14-5-3-13(17)4-6-14;/h3-6H,2,7-12H2,1H3,(H2,18,20)(H,19,23);1H. The van der Waals surface area contributed by atoms with Crippen molar-refractivity contribution in [2.45, 2.75) is 13.3 Å². The summed E-state index contributed by atoms with van der Waals surface area (Å²) in [5.41, 5.74) is 6.96. The molecular weight excluding hydrogens is 424 g/mol. The fourth-order valence-corrected chi connectivity index (χ4v) is 2.42. The number of benzene rings is 1. The van der Waals surface area contributed by atoms with E-state index in [1.54, 1.807) is 12.1 Å². The van der Waals surface area contributed by atoms with E-state index < -0.39 is 0 Å². The quantitative estimate of drug-likeness (QED) is 0.405. The molecule has 0 saturated carbocycles. The maximum Gasteiger partial charge on any atom is 0.241 e. The van der Waals surface area contributed by atoms with Crippen molar-refractivity contribution in [3.63, 3.8) is 0 Å². The van der Waals surface area contributed by atoms with Crippen LogP contribution in [0.15, 0.2) is 29.3 Å². The van der Waals surface area contributed by atoms with Crippen molar-refractivity contribution in [1.29, 1.82) is 0 Å². The number of carbonyl (C=O) groups excluding carboxylic acids is 1. The van der Waals surface area contributed by atoms with Crippen LogP contribution in [0, 0.1) is 5.82 Å². The van der Waals surface area contributed by atoms with Crippen LogP contribution in [-0.4, -0.2) is 56.0 Å². The van der Waals surface area contributed by atoms with E-state index in [4.69, 9.17) is 5.73 Å². The number of guanidine groups is 1. The largest absolute Gasteiger partial charge is 0.370 e. The first-order chi connectivity index (χ1) is 11.1. The van der Waals surface area contributed by atoms with Crippen molar-refractivity contribution >= 4 is 41.5 Å². The Hall–Kier alpha value is -1.58. The Kier molecular flexibility index (Phi) is 8.80. The Morgan fingerprint density at radius 3 is 2.46 bits per heavy atom. The number of halogens is 2. The summed E-state index contributed by atoms with van der Waals surface area (Å²) in [6.45, 7) is 5.73. The third kappa shape index (κ3) is 6.14. The number of hydrogen-bond acceptors (Lipinski definition) is 3. The molecule has 6 nitrogen and oxygen atoms in total. The molecule has 0 spiro atoms. The number of hydrogen-bond donors (Lipinski definition) is 2. The molecule has 2 rings (SSSR count). The van der Waals surface area contributed by atoms with Gasteiger partial charge in [-0.2, -0.15) is 0 Å². The lowest BCUT2D eigenvalue weighted by Gasteiger charge is -2.36. The predicted molar refractivity (Wildman–Crippen MR) is 105 cm³/mol. The van der Waals surface area contributed by atoms with Gasteiger partial charge in [0.05, 0.1) is 0 Å². The van der Waals surface area contributed by atoms with Gasteiger partial charge in [0.2, 0.25) is 5.91 Å². The Morgan fingerprint density at radius 1 is 1.25 bits per heavy atom. The summed E-state index contributed by atoms with van der Waals surface area (Å²) in [6, 6.07) is 6.49. The highest BCUT2D eigenvalue weighted by Gasteiger charge is 2.18. The molecule has 3 N–H and O–H groups in total. The average Bonchev–Trinajstić information content (AvgIpc) is 2.58. The van der Waals surface area contributed by atoms with Crippen LogP contribution in [-0.2, 0) is 4.79 Å². The molecule has 1 aromatic rings. The van der Waals surface area contributed by atoms with Gasteiger partial charge in [0.25, 0.3) is 0 Å². The zero-order valence-corrected chi connectivity index (χ0v) is 16.2. The van der Waals surface area contributed by atoms with Crippen LogP contribution in [0.1, 0.15) is 13.3 Å². The number of piperazine rings is 1.